The lowest BCUT2D eigenvalue weighted by Crippen LogP contribution is -1.66. The Labute approximate surface area is 92.5 Å². The third kappa shape index (κ3) is 2.57. The highest BCUT2D eigenvalue weighted by molar-refractivity contribution is 5.44. The van der Waals surface area contributed by atoms with Crippen molar-refractivity contribution in [2.45, 2.75) is 0 Å². The van der Waals surface area contributed by atoms with Crippen LogP contribution >= 0.6 is 0 Å². The van der Waals surface area contributed by atoms with E-state index in [0.29, 0.717) is 11.4 Å². The summed E-state index contributed by atoms with van der Waals surface area (Å²) < 4.78 is 0. The van der Waals surface area contributed by atoms with Crippen LogP contribution in [-0.4, -0.2) is 10.2 Å². The van der Waals surface area contributed by atoms with Crippen LogP contribution < -0.4 is 0 Å². The number of benzene rings is 2. The summed E-state index contributed by atoms with van der Waals surface area (Å²) in [5.41, 5.74) is 1.22. The summed E-state index contributed by atoms with van der Waals surface area (Å²) in [6.45, 7) is 0. The van der Waals surface area contributed by atoms with Crippen molar-refractivity contribution in [3.05, 3.63) is 48.5 Å². The highest BCUT2D eigenvalue weighted by Crippen LogP contribution is 2.22. The van der Waals surface area contributed by atoms with Crippen LogP contribution in [0.5, 0.6) is 11.5 Å². The van der Waals surface area contributed by atoms with Gasteiger partial charge in [0.15, 0.2) is 0 Å². The third-order valence-electron chi connectivity index (χ3n) is 1.96. The van der Waals surface area contributed by atoms with E-state index in [1.165, 1.54) is 18.2 Å². The fourth-order valence-corrected chi connectivity index (χ4v) is 1.19. The highest BCUT2D eigenvalue weighted by Gasteiger charge is 1.92. The number of rotatable bonds is 2. The van der Waals surface area contributed by atoms with E-state index in [1.807, 2.05) is 0 Å². The lowest BCUT2D eigenvalue weighted by molar-refractivity contribution is 0.475. The SMILES string of the molecule is Oc1ccc(/N=N/c2cccc(O)c2)cc1. The minimum atomic E-state index is 0.155. The molecule has 0 aliphatic carbocycles. The fourth-order valence-electron chi connectivity index (χ4n) is 1.19. The Bertz CT molecular complexity index is 507. The maximum Gasteiger partial charge on any atom is 0.117 e. The van der Waals surface area contributed by atoms with Crippen molar-refractivity contribution < 1.29 is 10.2 Å². The second kappa shape index (κ2) is 4.44. The van der Waals surface area contributed by atoms with Gasteiger partial charge in [-0.1, -0.05) is 6.07 Å². The average molecular weight is 214 g/mol. The van der Waals surface area contributed by atoms with Crippen LogP contribution in [0.1, 0.15) is 0 Å². The average Bonchev–Trinajstić information content (AvgIpc) is 2.28. The van der Waals surface area contributed by atoms with Crippen molar-refractivity contribution >= 4 is 11.4 Å². The molecule has 0 bridgehead atoms. The van der Waals surface area contributed by atoms with E-state index in [-0.39, 0.29) is 11.5 Å². The van der Waals surface area contributed by atoms with Crippen molar-refractivity contribution in [2.75, 3.05) is 0 Å². The Balaban J connectivity index is 2.18. The van der Waals surface area contributed by atoms with E-state index in [1.54, 1.807) is 30.3 Å². The quantitative estimate of drug-likeness (QED) is 0.751. The number of phenolic OH excluding ortho intramolecular Hbond substituents is 2. The molecule has 0 saturated carbocycles. The van der Waals surface area contributed by atoms with Crippen LogP contribution in [0.4, 0.5) is 11.4 Å². The molecule has 4 nitrogen and oxygen atoms in total. The van der Waals surface area contributed by atoms with Crippen molar-refractivity contribution in [3.63, 3.8) is 0 Å². The van der Waals surface area contributed by atoms with E-state index in [4.69, 9.17) is 5.11 Å². The maximum absolute atomic E-state index is 9.21. The fraction of sp³-hybridized carbons (Fsp3) is 0. The Morgan fingerprint density at radius 1 is 0.688 bits per heavy atom. The Morgan fingerprint density at radius 2 is 1.38 bits per heavy atom. The molecule has 2 rings (SSSR count). The summed E-state index contributed by atoms with van der Waals surface area (Å²) in [5, 5.41) is 26.2. The summed E-state index contributed by atoms with van der Waals surface area (Å²) in [6, 6.07) is 12.9. The molecule has 0 radical (unpaired) electrons. The van der Waals surface area contributed by atoms with Gasteiger partial charge >= 0.3 is 0 Å². The maximum atomic E-state index is 9.21. The van der Waals surface area contributed by atoms with Gasteiger partial charge in [0.1, 0.15) is 11.5 Å². The zero-order valence-corrected chi connectivity index (χ0v) is 8.41. The highest BCUT2D eigenvalue weighted by atomic mass is 16.3. The van der Waals surface area contributed by atoms with E-state index >= 15 is 0 Å². The molecule has 0 unspecified atom stereocenters. The number of hydrogen-bond acceptors (Lipinski definition) is 4. The first-order valence-electron chi connectivity index (χ1n) is 4.74. The monoisotopic (exact) mass is 214 g/mol. The lowest BCUT2D eigenvalue weighted by atomic mass is 10.3. The third-order valence-corrected chi connectivity index (χ3v) is 1.96. The van der Waals surface area contributed by atoms with Crippen LogP contribution in [0.2, 0.25) is 0 Å². The molecule has 4 heteroatoms. The van der Waals surface area contributed by atoms with Crippen LogP contribution in [0.25, 0.3) is 0 Å². The molecule has 0 fully saturated rings. The van der Waals surface area contributed by atoms with Gasteiger partial charge in [0, 0.05) is 6.07 Å². The van der Waals surface area contributed by atoms with Gasteiger partial charge in [0.2, 0.25) is 0 Å². The van der Waals surface area contributed by atoms with Crippen LogP contribution in [0, 0.1) is 0 Å². The molecule has 16 heavy (non-hydrogen) atoms. The molecule has 0 heterocycles. The zero-order valence-electron chi connectivity index (χ0n) is 8.41. The second-order valence-corrected chi connectivity index (χ2v) is 3.24. The first kappa shape index (κ1) is 10.2. The summed E-state index contributed by atoms with van der Waals surface area (Å²) in [6.07, 6.45) is 0. The first-order chi connectivity index (χ1) is 7.74. The summed E-state index contributed by atoms with van der Waals surface area (Å²) in [4.78, 5) is 0. The normalized spacial score (nSPS) is 10.8. The molecule has 80 valence electrons. The van der Waals surface area contributed by atoms with Crippen molar-refractivity contribution in [3.8, 4) is 11.5 Å². The number of azo groups is 1. The molecule has 0 atom stereocenters. The summed E-state index contributed by atoms with van der Waals surface area (Å²) >= 11 is 0. The van der Waals surface area contributed by atoms with Gasteiger partial charge in [0.05, 0.1) is 11.4 Å². The van der Waals surface area contributed by atoms with Crippen LogP contribution in [0.3, 0.4) is 0 Å². The molecule has 0 spiro atoms. The van der Waals surface area contributed by atoms with Crippen molar-refractivity contribution in [1.82, 2.24) is 0 Å². The molecule has 0 saturated heterocycles. The minimum absolute atomic E-state index is 0.155. The molecule has 0 aliphatic rings. The van der Waals surface area contributed by atoms with E-state index in [2.05, 4.69) is 10.2 Å². The van der Waals surface area contributed by atoms with Crippen molar-refractivity contribution in [1.29, 1.82) is 0 Å². The van der Waals surface area contributed by atoms with E-state index in [9.17, 15) is 5.11 Å². The molecule has 2 N–H and O–H groups in total. The number of aromatic hydroxyl groups is 2. The molecule has 2 aromatic rings. The topological polar surface area (TPSA) is 65.2 Å². The van der Waals surface area contributed by atoms with Gasteiger partial charge in [0.25, 0.3) is 0 Å². The Morgan fingerprint density at radius 3 is 2.06 bits per heavy atom. The van der Waals surface area contributed by atoms with Gasteiger partial charge in [-0.2, -0.15) is 10.2 Å². The molecule has 2 aromatic carbocycles. The smallest absolute Gasteiger partial charge is 0.117 e. The largest absolute Gasteiger partial charge is 0.508 e. The predicted octanol–water partition coefficient (Wildman–Crippen LogP) is 3.51. The van der Waals surface area contributed by atoms with Gasteiger partial charge < -0.3 is 10.2 Å². The van der Waals surface area contributed by atoms with Gasteiger partial charge in [-0.05, 0) is 36.4 Å². The van der Waals surface area contributed by atoms with E-state index < -0.39 is 0 Å². The van der Waals surface area contributed by atoms with Gasteiger partial charge in [-0.25, -0.2) is 0 Å². The first-order valence-corrected chi connectivity index (χ1v) is 4.74. The van der Waals surface area contributed by atoms with Crippen molar-refractivity contribution in [2.24, 2.45) is 10.2 Å². The van der Waals surface area contributed by atoms with Gasteiger partial charge in [-0.15, -0.1) is 0 Å². The summed E-state index contributed by atoms with van der Waals surface area (Å²) in [7, 11) is 0. The lowest BCUT2D eigenvalue weighted by Gasteiger charge is -1.94. The minimum Gasteiger partial charge on any atom is -0.508 e. The number of nitrogens with zero attached hydrogens (tertiary/aromatic N) is 2. The Kier molecular flexibility index (Phi) is 2.82. The van der Waals surface area contributed by atoms with E-state index in [0.717, 1.165) is 0 Å². The van der Waals surface area contributed by atoms with Gasteiger partial charge in [-0.3, -0.25) is 0 Å². The second-order valence-electron chi connectivity index (χ2n) is 3.24. The summed E-state index contributed by atoms with van der Waals surface area (Å²) in [5.74, 6) is 0.346. The molecule has 0 aliphatic heterocycles. The molecule has 0 aromatic heterocycles. The molecular weight excluding hydrogens is 204 g/mol. The van der Waals surface area contributed by atoms with Crippen LogP contribution in [0.15, 0.2) is 58.8 Å². The predicted molar refractivity (Wildman–Crippen MR) is 60.4 cm³/mol. The standard InChI is InChI=1S/C12H10N2O2/c15-11-6-4-9(5-7-11)13-14-10-2-1-3-12(16)8-10/h1-8,15-16H/b14-13+. The van der Waals surface area contributed by atoms with Crippen LogP contribution in [-0.2, 0) is 0 Å². The molecule has 0 amide bonds. The number of hydrogen-bond donors (Lipinski definition) is 2. The molecular formula is C12H10N2O2. The number of phenols is 2. The Hall–Kier alpha value is -2.36. The zero-order chi connectivity index (χ0) is 11.4.